The zero-order valence-corrected chi connectivity index (χ0v) is 12.3. The number of hydrogen-bond donors (Lipinski definition) is 2. The number of nitrogens with zero attached hydrogens (tertiary/aromatic N) is 1. The minimum Gasteiger partial charge on any atom is -0.371 e. The van der Waals surface area contributed by atoms with E-state index in [0.717, 1.165) is 19.4 Å². The van der Waals surface area contributed by atoms with Crippen molar-refractivity contribution in [3.8, 4) is 0 Å². The van der Waals surface area contributed by atoms with Crippen LogP contribution < -0.4 is 10.6 Å². The highest BCUT2D eigenvalue weighted by Gasteiger charge is 2.48. The summed E-state index contributed by atoms with van der Waals surface area (Å²) < 4.78 is 40.6. The summed E-state index contributed by atoms with van der Waals surface area (Å²) in [4.78, 5) is 25.2. The monoisotopic (exact) mass is 323 g/mol. The van der Waals surface area contributed by atoms with Gasteiger partial charge in [0.05, 0.1) is 6.61 Å². The van der Waals surface area contributed by atoms with E-state index in [9.17, 15) is 22.8 Å². The molecule has 0 saturated carbocycles. The topological polar surface area (TPSA) is 70.7 Å². The molecule has 22 heavy (non-hydrogen) atoms. The van der Waals surface area contributed by atoms with Crippen LogP contribution in [0.15, 0.2) is 0 Å². The molecule has 126 valence electrons. The van der Waals surface area contributed by atoms with Gasteiger partial charge in [-0.15, -0.1) is 0 Å². The summed E-state index contributed by atoms with van der Waals surface area (Å²) in [7, 11) is 0. The van der Waals surface area contributed by atoms with Crippen LogP contribution in [-0.2, 0) is 9.53 Å². The second-order valence-corrected chi connectivity index (χ2v) is 5.92. The molecule has 2 aliphatic heterocycles. The van der Waals surface area contributed by atoms with Gasteiger partial charge in [-0.3, -0.25) is 10.1 Å². The van der Waals surface area contributed by atoms with Crippen LogP contribution >= 0.6 is 0 Å². The molecule has 0 unspecified atom stereocenters. The molecule has 2 fully saturated rings. The van der Waals surface area contributed by atoms with E-state index in [1.165, 1.54) is 0 Å². The molecule has 0 aromatic carbocycles. The summed E-state index contributed by atoms with van der Waals surface area (Å²) in [6.07, 6.45) is -2.71. The Labute approximate surface area is 126 Å². The van der Waals surface area contributed by atoms with Crippen molar-refractivity contribution in [3.63, 3.8) is 0 Å². The van der Waals surface area contributed by atoms with Crippen LogP contribution in [-0.4, -0.2) is 61.4 Å². The second-order valence-electron chi connectivity index (χ2n) is 5.92. The molecule has 2 saturated heterocycles. The van der Waals surface area contributed by atoms with Crippen LogP contribution in [0.3, 0.4) is 0 Å². The van der Waals surface area contributed by atoms with Crippen molar-refractivity contribution >= 4 is 11.9 Å². The van der Waals surface area contributed by atoms with E-state index in [-0.39, 0.29) is 18.4 Å². The van der Waals surface area contributed by atoms with Crippen molar-refractivity contribution in [2.75, 3.05) is 32.8 Å². The number of halogens is 3. The van der Waals surface area contributed by atoms with E-state index in [1.807, 2.05) is 4.90 Å². The van der Waals surface area contributed by atoms with Gasteiger partial charge >= 0.3 is 12.2 Å². The van der Waals surface area contributed by atoms with Crippen molar-refractivity contribution in [1.29, 1.82) is 0 Å². The maximum absolute atomic E-state index is 12.0. The lowest BCUT2D eigenvalue weighted by Gasteiger charge is -2.39. The Morgan fingerprint density at radius 3 is 2.73 bits per heavy atom. The van der Waals surface area contributed by atoms with E-state index in [4.69, 9.17) is 0 Å². The molecule has 6 nitrogen and oxygen atoms in total. The largest absolute Gasteiger partial charge is 0.411 e. The molecule has 2 N–H and O–H groups in total. The maximum Gasteiger partial charge on any atom is 0.411 e. The smallest absolute Gasteiger partial charge is 0.371 e. The third kappa shape index (κ3) is 4.10. The fraction of sp³-hybridized carbons (Fsp3) is 0.846. The SMILES string of the molecule is C[C@@]1([C@@H]2CCCN(CCOCC(F)(F)F)C2)NC(=O)NC1=O. The molecule has 3 amide bonds. The minimum atomic E-state index is -4.32. The number of alkyl halides is 3. The number of carbonyl (C=O) groups excluding carboxylic acids is 2. The Kier molecular flexibility index (Phi) is 4.96. The fourth-order valence-electron chi connectivity index (χ4n) is 2.96. The third-order valence-corrected chi connectivity index (χ3v) is 4.21. The number of imide groups is 1. The summed E-state index contributed by atoms with van der Waals surface area (Å²) in [5.74, 6) is -0.423. The van der Waals surface area contributed by atoms with Gasteiger partial charge in [0.15, 0.2) is 0 Å². The first-order valence-corrected chi connectivity index (χ1v) is 7.21. The van der Waals surface area contributed by atoms with Gasteiger partial charge in [-0.2, -0.15) is 13.2 Å². The molecular weight excluding hydrogens is 303 g/mol. The number of hydrogen-bond acceptors (Lipinski definition) is 4. The highest BCUT2D eigenvalue weighted by Crippen LogP contribution is 2.29. The van der Waals surface area contributed by atoms with Crippen LogP contribution in [0.25, 0.3) is 0 Å². The van der Waals surface area contributed by atoms with Crippen LogP contribution in [0.5, 0.6) is 0 Å². The van der Waals surface area contributed by atoms with Gasteiger partial charge in [0.25, 0.3) is 5.91 Å². The van der Waals surface area contributed by atoms with Gasteiger partial charge in [0.1, 0.15) is 12.1 Å². The average Bonchev–Trinajstić information content (AvgIpc) is 2.68. The minimum absolute atomic E-state index is 0.0124. The molecule has 0 aromatic rings. The Morgan fingerprint density at radius 2 is 2.14 bits per heavy atom. The van der Waals surface area contributed by atoms with Crippen molar-refractivity contribution in [2.45, 2.75) is 31.5 Å². The van der Waals surface area contributed by atoms with Gasteiger partial charge in [0.2, 0.25) is 0 Å². The highest BCUT2D eigenvalue weighted by atomic mass is 19.4. The van der Waals surface area contributed by atoms with Crippen molar-refractivity contribution in [3.05, 3.63) is 0 Å². The van der Waals surface area contributed by atoms with Gasteiger partial charge < -0.3 is 15.0 Å². The molecule has 2 rings (SSSR count). The molecule has 0 bridgehead atoms. The van der Waals surface area contributed by atoms with Gasteiger partial charge in [-0.05, 0) is 26.3 Å². The maximum atomic E-state index is 12.0. The first-order valence-electron chi connectivity index (χ1n) is 7.21. The predicted molar refractivity (Wildman–Crippen MR) is 71.1 cm³/mol. The van der Waals surface area contributed by atoms with E-state index >= 15 is 0 Å². The number of rotatable bonds is 5. The molecule has 0 aromatic heterocycles. The van der Waals surface area contributed by atoms with E-state index in [0.29, 0.717) is 13.1 Å². The van der Waals surface area contributed by atoms with E-state index in [2.05, 4.69) is 15.4 Å². The summed E-state index contributed by atoms with van der Waals surface area (Å²) in [5.41, 5.74) is -0.956. The van der Waals surface area contributed by atoms with Crippen LogP contribution in [0.2, 0.25) is 0 Å². The molecule has 0 aliphatic carbocycles. The lowest BCUT2D eigenvalue weighted by molar-refractivity contribution is -0.174. The normalized spacial score (nSPS) is 30.3. The zero-order chi connectivity index (χ0) is 16.4. The molecule has 0 radical (unpaired) electrons. The number of nitrogens with one attached hydrogen (secondary N) is 2. The lowest BCUT2D eigenvalue weighted by atomic mass is 9.80. The number of piperidine rings is 1. The number of carbonyl (C=O) groups is 2. The van der Waals surface area contributed by atoms with Crippen molar-refractivity contribution in [2.24, 2.45) is 5.92 Å². The number of amides is 3. The Hall–Kier alpha value is -1.35. The third-order valence-electron chi connectivity index (χ3n) is 4.21. The predicted octanol–water partition coefficient (Wildman–Crippen LogP) is 0.875. The molecule has 2 atom stereocenters. The second kappa shape index (κ2) is 6.41. The highest BCUT2D eigenvalue weighted by molar-refractivity contribution is 6.06. The van der Waals surface area contributed by atoms with Gasteiger partial charge in [0, 0.05) is 19.0 Å². The van der Waals surface area contributed by atoms with Gasteiger partial charge in [-0.25, -0.2) is 4.79 Å². The Morgan fingerprint density at radius 1 is 1.41 bits per heavy atom. The van der Waals surface area contributed by atoms with Crippen molar-refractivity contribution < 1.29 is 27.5 Å². The summed E-state index contributed by atoms with van der Waals surface area (Å²) in [6.45, 7) is 2.08. The first kappa shape index (κ1) is 17.0. The van der Waals surface area contributed by atoms with Crippen LogP contribution in [0, 0.1) is 5.92 Å². The summed E-state index contributed by atoms with van der Waals surface area (Å²) in [6, 6.07) is -0.502. The lowest BCUT2D eigenvalue weighted by Crippen LogP contribution is -2.56. The van der Waals surface area contributed by atoms with Gasteiger partial charge in [-0.1, -0.05) is 0 Å². The van der Waals surface area contributed by atoms with Crippen LogP contribution in [0.1, 0.15) is 19.8 Å². The molecular formula is C13H20F3N3O3. The first-order chi connectivity index (χ1) is 10.2. The standard InChI is InChI=1S/C13H20F3N3O3/c1-12(10(20)17-11(21)18-12)9-3-2-4-19(7-9)5-6-22-8-13(14,15)16/h9H,2-8H2,1H3,(H2,17,18,20,21)/t9-,12+/m1/s1. The zero-order valence-electron chi connectivity index (χ0n) is 12.3. The molecule has 2 aliphatic rings. The number of urea groups is 1. The van der Waals surface area contributed by atoms with Crippen LogP contribution in [0.4, 0.5) is 18.0 Å². The number of likely N-dealkylation sites (tertiary alicyclic amines) is 1. The fourth-order valence-corrected chi connectivity index (χ4v) is 2.96. The van der Waals surface area contributed by atoms with E-state index in [1.54, 1.807) is 6.92 Å². The average molecular weight is 323 g/mol. The Balaban J connectivity index is 1.82. The summed E-state index contributed by atoms with van der Waals surface area (Å²) >= 11 is 0. The quantitative estimate of drug-likeness (QED) is 0.582. The molecule has 2 heterocycles. The molecule has 0 spiro atoms. The van der Waals surface area contributed by atoms with Crippen molar-refractivity contribution in [1.82, 2.24) is 15.5 Å². The number of ether oxygens (including phenoxy) is 1. The Bertz CT molecular complexity index is 444. The molecule has 9 heteroatoms. The summed E-state index contributed by atoms with van der Waals surface area (Å²) in [5, 5.41) is 4.88. The van der Waals surface area contributed by atoms with E-state index < -0.39 is 24.4 Å².